The van der Waals surface area contributed by atoms with E-state index in [1.165, 1.54) is 25.6 Å². The summed E-state index contributed by atoms with van der Waals surface area (Å²) in [6, 6.07) is 1.39. The first-order valence-electron chi connectivity index (χ1n) is 4.79. The van der Waals surface area contributed by atoms with Crippen molar-refractivity contribution in [3.8, 4) is 0 Å². The summed E-state index contributed by atoms with van der Waals surface area (Å²) in [7, 11) is 1.27. The van der Waals surface area contributed by atoms with Gasteiger partial charge in [-0.05, 0) is 19.9 Å². The van der Waals surface area contributed by atoms with Gasteiger partial charge < -0.3 is 9.47 Å². The smallest absolute Gasteiger partial charge is 0.339 e. The Hall–Kier alpha value is -1.91. The predicted molar refractivity (Wildman–Crippen MR) is 56.1 cm³/mol. The SMILES string of the molecule is COC(=O)c1cncc(C(=O)OC(C)C)c1. The van der Waals surface area contributed by atoms with Gasteiger partial charge in [-0.25, -0.2) is 9.59 Å². The van der Waals surface area contributed by atoms with Crippen LogP contribution in [0.2, 0.25) is 0 Å². The van der Waals surface area contributed by atoms with Crippen molar-refractivity contribution < 1.29 is 19.1 Å². The molecule has 1 aromatic heterocycles. The van der Waals surface area contributed by atoms with Crippen LogP contribution in [0.1, 0.15) is 34.6 Å². The minimum atomic E-state index is -0.535. The van der Waals surface area contributed by atoms with Crippen LogP contribution < -0.4 is 0 Å². The van der Waals surface area contributed by atoms with Gasteiger partial charge in [-0.15, -0.1) is 0 Å². The lowest BCUT2D eigenvalue weighted by Gasteiger charge is -2.07. The average molecular weight is 223 g/mol. The van der Waals surface area contributed by atoms with Crippen molar-refractivity contribution in [1.29, 1.82) is 0 Å². The Balaban J connectivity index is 2.90. The molecule has 0 spiro atoms. The lowest BCUT2D eigenvalue weighted by Crippen LogP contribution is -2.13. The number of nitrogens with zero attached hydrogens (tertiary/aromatic N) is 1. The van der Waals surface area contributed by atoms with E-state index >= 15 is 0 Å². The summed E-state index contributed by atoms with van der Waals surface area (Å²) in [5.41, 5.74) is 0.456. The molecule has 5 heteroatoms. The van der Waals surface area contributed by atoms with Gasteiger partial charge in [-0.1, -0.05) is 0 Å². The van der Waals surface area contributed by atoms with E-state index in [4.69, 9.17) is 4.74 Å². The maximum absolute atomic E-state index is 11.5. The molecule has 0 bridgehead atoms. The van der Waals surface area contributed by atoms with Gasteiger partial charge in [0.1, 0.15) is 0 Å². The molecule has 0 N–H and O–H groups in total. The summed E-state index contributed by atoms with van der Waals surface area (Å²) >= 11 is 0. The minimum Gasteiger partial charge on any atom is -0.465 e. The molecule has 1 heterocycles. The third kappa shape index (κ3) is 3.05. The van der Waals surface area contributed by atoms with E-state index in [-0.39, 0.29) is 17.2 Å². The summed E-state index contributed by atoms with van der Waals surface area (Å²) in [4.78, 5) is 26.5. The van der Waals surface area contributed by atoms with Gasteiger partial charge in [0.25, 0.3) is 0 Å². The Morgan fingerprint density at radius 3 is 2.25 bits per heavy atom. The highest BCUT2D eigenvalue weighted by Crippen LogP contribution is 2.07. The van der Waals surface area contributed by atoms with E-state index in [1.54, 1.807) is 13.8 Å². The zero-order valence-corrected chi connectivity index (χ0v) is 9.39. The number of hydrogen-bond acceptors (Lipinski definition) is 5. The van der Waals surface area contributed by atoms with Crippen molar-refractivity contribution in [2.45, 2.75) is 20.0 Å². The van der Waals surface area contributed by atoms with E-state index in [0.717, 1.165) is 0 Å². The molecule has 0 radical (unpaired) electrons. The van der Waals surface area contributed by atoms with Crippen LogP contribution in [0.5, 0.6) is 0 Å². The monoisotopic (exact) mass is 223 g/mol. The number of methoxy groups -OCH3 is 1. The van der Waals surface area contributed by atoms with Crippen molar-refractivity contribution in [2.75, 3.05) is 7.11 Å². The Labute approximate surface area is 93.4 Å². The molecule has 0 atom stereocenters. The molecular formula is C11H13NO4. The van der Waals surface area contributed by atoms with Crippen LogP contribution in [0.4, 0.5) is 0 Å². The fourth-order valence-corrected chi connectivity index (χ4v) is 1.06. The molecule has 0 aliphatic carbocycles. The summed E-state index contributed by atoms with van der Waals surface area (Å²) in [6.45, 7) is 3.49. The molecule has 5 nitrogen and oxygen atoms in total. The van der Waals surface area contributed by atoms with Gasteiger partial charge >= 0.3 is 11.9 Å². The second-order valence-electron chi connectivity index (χ2n) is 3.41. The number of carbonyl (C=O) groups excluding carboxylic acids is 2. The van der Waals surface area contributed by atoms with Crippen molar-refractivity contribution in [2.24, 2.45) is 0 Å². The molecule has 0 aliphatic heterocycles. The summed E-state index contributed by atoms with van der Waals surface area (Å²) in [5, 5.41) is 0. The summed E-state index contributed by atoms with van der Waals surface area (Å²) < 4.78 is 9.49. The zero-order valence-electron chi connectivity index (χ0n) is 9.39. The van der Waals surface area contributed by atoms with Crippen LogP contribution in [0.25, 0.3) is 0 Å². The van der Waals surface area contributed by atoms with Gasteiger partial charge in [-0.2, -0.15) is 0 Å². The number of rotatable bonds is 3. The third-order valence-corrected chi connectivity index (χ3v) is 1.74. The summed E-state index contributed by atoms with van der Waals surface area (Å²) in [6.07, 6.45) is 2.46. The van der Waals surface area contributed by atoms with E-state index in [9.17, 15) is 9.59 Å². The molecule has 1 rings (SSSR count). The fraction of sp³-hybridized carbons (Fsp3) is 0.364. The first-order chi connectivity index (χ1) is 7.54. The topological polar surface area (TPSA) is 65.5 Å². The Morgan fingerprint density at radius 1 is 1.19 bits per heavy atom. The van der Waals surface area contributed by atoms with Gasteiger partial charge in [-0.3, -0.25) is 4.98 Å². The number of ether oxygens (including phenoxy) is 2. The normalized spacial score (nSPS) is 10.0. The molecule has 0 saturated heterocycles. The molecule has 16 heavy (non-hydrogen) atoms. The highest BCUT2D eigenvalue weighted by Gasteiger charge is 2.13. The second-order valence-corrected chi connectivity index (χ2v) is 3.41. The standard InChI is InChI=1S/C11H13NO4/c1-7(2)16-11(14)9-4-8(5-12-6-9)10(13)15-3/h4-7H,1-3H3. The third-order valence-electron chi connectivity index (χ3n) is 1.74. The quantitative estimate of drug-likeness (QED) is 0.725. The van der Waals surface area contributed by atoms with Crippen LogP contribution in [0.3, 0.4) is 0 Å². The number of esters is 2. The maximum Gasteiger partial charge on any atom is 0.339 e. The molecular weight excluding hydrogens is 210 g/mol. The maximum atomic E-state index is 11.5. The van der Waals surface area contributed by atoms with Crippen molar-refractivity contribution in [1.82, 2.24) is 4.98 Å². The zero-order chi connectivity index (χ0) is 12.1. The molecule has 0 fully saturated rings. The fourth-order valence-electron chi connectivity index (χ4n) is 1.06. The van der Waals surface area contributed by atoms with E-state index in [2.05, 4.69) is 9.72 Å². The number of hydrogen-bond donors (Lipinski definition) is 0. The van der Waals surface area contributed by atoms with E-state index in [0.29, 0.717) is 0 Å². The van der Waals surface area contributed by atoms with Crippen molar-refractivity contribution >= 4 is 11.9 Å². The lowest BCUT2D eigenvalue weighted by molar-refractivity contribution is 0.0377. The Morgan fingerprint density at radius 2 is 1.75 bits per heavy atom. The van der Waals surface area contributed by atoms with E-state index in [1.807, 2.05) is 0 Å². The average Bonchev–Trinajstić information content (AvgIpc) is 2.27. The minimum absolute atomic E-state index is 0.214. The Kier molecular flexibility index (Phi) is 3.99. The first kappa shape index (κ1) is 12.2. The number of aromatic nitrogens is 1. The van der Waals surface area contributed by atoms with Crippen molar-refractivity contribution in [3.05, 3.63) is 29.6 Å². The lowest BCUT2D eigenvalue weighted by atomic mass is 10.2. The highest BCUT2D eigenvalue weighted by atomic mass is 16.5. The van der Waals surface area contributed by atoms with E-state index < -0.39 is 11.9 Å². The molecule has 0 unspecified atom stereocenters. The summed E-state index contributed by atoms with van der Waals surface area (Å²) in [5.74, 6) is -1.04. The highest BCUT2D eigenvalue weighted by molar-refractivity contribution is 5.94. The van der Waals surface area contributed by atoms with Crippen LogP contribution >= 0.6 is 0 Å². The van der Waals surface area contributed by atoms with Crippen LogP contribution in [0, 0.1) is 0 Å². The van der Waals surface area contributed by atoms with Crippen LogP contribution in [-0.4, -0.2) is 30.1 Å². The van der Waals surface area contributed by atoms with Gasteiger partial charge in [0.15, 0.2) is 0 Å². The molecule has 0 aromatic carbocycles. The van der Waals surface area contributed by atoms with Crippen LogP contribution in [-0.2, 0) is 9.47 Å². The number of carbonyl (C=O) groups is 2. The van der Waals surface area contributed by atoms with Gasteiger partial charge in [0.05, 0.1) is 24.3 Å². The molecule has 86 valence electrons. The molecule has 1 aromatic rings. The van der Waals surface area contributed by atoms with Crippen molar-refractivity contribution in [3.63, 3.8) is 0 Å². The second kappa shape index (κ2) is 5.25. The molecule has 0 aliphatic rings. The van der Waals surface area contributed by atoms with Crippen LogP contribution in [0.15, 0.2) is 18.5 Å². The largest absolute Gasteiger partial charge is 0.465 e. The molecule has 0 saturated carbocycles. The van der Waals surface area contributed by atoms with Gasteiger partial charge in [0.2, 0.25) is 0 Å². The first-order valence-corrected chi connectivity index (χ1v) is 4.79. The number of pyridine rings is 1. The molecule has 0 amide bonds. The predicted octanol–water partition coefficient (Wildman–Crippen LogP) is 1.43. The van der Waals surface area contributed by atoms with Gasteiger partial charge in [0, 0.05) is 12.4 Å². The Bertz CT molecular complexity index is 401.